The molecule has 8 nitrogen and oxygen atoms in total. The summed E-state index contributed by atoms with van der Waals surface area (Å²) in [4.78, 5) is 37.1. The molecule has 0 radical (unpaired) electrons. The zero-order chi connectivity index (χ0) is 21.7. The molecular weight excluding hydrogens is 456 g/mol. The Morgan fingerprint density at radius 1 is 1.10 bits per heavy atom. The zero-order valence-corrected chi connectivity index (χ0v) is 18.0. The van der Waals surface area contributed by atoms with E-state index in [4.69, 9.17) is 14.2 Å². The number of nitrogens with one attached hydrogen (secondary N) is 2. The smallest absolute Gasteiger partial charge is 0.329 e. The van der Waals surface area contributed by atoms with E-state index in [1.54, 1.807) is 56.3 Å². The summed E-state index contributed by atoms with van der Waals surface area (Å²) in [5, 5.41) is 5.29. The SMILES string of the molecule is CC(C)[C@H](NC(=O)c1ccccc1Br)C(=O)OCC(=O)Nc1ccc2c(c1)OCO2. The molecule has 1 atom stereocenters. The van der Waals surface area contributed by atoms with Crippen molar-refractivity contribution in [1.29, 1.82) is 0 Å². The second-order valence-corrected chi connectivity index (χ2v) is 7.75. The Morgan fingerprint density at radius 2 is 1.83 bits per heavy atom. The van der Waals surface area contributed by atoms with E-state index in [1.807, 2.05) is 0 Å². The monoisotopic (exact) mass is 476 g/mol. The van der Waals surface area contributed by atoms with Crippen LogP contribution in [0.15, 0.2) is 46.9 Å². The summed E-state index contributed by atoms with van der Waals surface area (Å²) in [7, 11) is 0. The maximum Gasteiger partial charge on any atom is 0.329 e. The Bertz CT molecular complexity index is 962. The van der Waals surface area contributed by atoms with Crippen molar-refractivity contribution in [2.75, 3.05) is 18.7 Å². The second kappa shape index (κ2) is 9.62. The van der Waals surface area contributed by atoms with Gasteiger partial charge in [-0.3, -0.25) is 9.59 Å². The normalized spacial score (nSPS) is 12.9. The molecule has 0 saturated heterocycles. The molecule has 30 heavy (non-hydrogen) atoms. The van der Waals surface area contributed by atoms with Gasteiger partial charge in [-0.1, -0.05) is 26.0 Å². The molecule has 158 valence electrons. The van der Waals surface area contributed by atoms with Gasteiger partial charge in [-0.2, -0.15) is 0 Å². The van der Waals surface area contributed by atoms with Crippen molar-refractivity contribution < 1.29 is 28.6 Å². The molecule has 3 rings (SSSR count). The third-order valence-corrected chi connectivity index (χ3v) is 5.02. The van der Waals surface area contributed by atoms with Gasteiger partial charge in [0.2, 0.25) is 6.79 Å². The summed E-state index contributed by atoms with van der Waals surface area (Å²) in [5.41, 5.74) is 0.888. The van der Waals surface area contributed by atoms with Gasteiger partial charge in [-0.15, -0.1) is 0 Å². The molecule has 0 bridgehead atoms. The van der Waals surface area contributed by atoms with E-state index >= 15 is 0 Å². The van der Waals surface area contributed by atoms with Crippen LogP contribution in [0.5, 0.6) is 11.5 Å². The number of amides is 2. The van der Waals surface area contributed by atoms with Crippen molar-refractivity contribution >= 4 is 39.4 Å². The van der Waals surface area contributed by atoms with E-state index in [0.717, 1.165) is 0 Å². The highest BCUT2D eigenvalue weighted by atomic mass is 79.9. The summed E-state index contributed by atoms with van der Waals surface area (Å²) in [6.45, 7) is 3.20. The average molecular weight is 477 g/mol. The highest BCUT2D eigenvalue weighted by Crippen LogP contribution is 2.34. The van der Waals surface area contributed by atoms with Crippen molar-refractivity contribution in [3.05, 3.63) is 52.5 Å². The topological polar surface area (TPSA) is 103 Å². The van der Waals surface area contributed by atoms with Crippen LogP contribution >= 0.6 is 15.9 Å². The molecule has 2 N–H and O–H groups in total. The Kier molecular flexibility index (Phi) is 6.94. The number of esters is 1. The van der Waals surface area contributed by atoms with Gasteiger partial charge in [0.1, 0.15) is 6.04 Å². The number of carbonyl (C=O) groups is 3. The maximum atomic E-state index is 12.5. The van der Waals surface area contributed by atoms with Crippen LogP contribution in [0.3, 0.4) is 0 Å². The predicted octanol–water partition coefficient (Wildman–Crippen LogP) is 3.11. The first-order valence-corrected chi connectivity index (χ1v) is 10.1. The number of halogens is 1. The van der Waals surface area contributed by atoms with Crippen molar-refractivity contribution in [2.24, 2.45) is 5.92 Å². The summed E-state index contributed by atoms with van der Waals surface area (Å²) in [5.74, 6) is -0.726. The van der Waals surface area contributed by atoms with Crippen molar-refractivity contribution in [2.45, 2.75) is 19.9 Å². The minimum absolute atomic E-state index is 0.131. The van der Waals surface area contributed by atoms with Crippen molar-refractivity contribution in [3.63, 3.8) is 0 Å². The van der Waals surface area contributed by atoms with Crippen LogP contribution in [0.1, 0.15) is 24.2 Å². The van der Waals surface area contributed by atoms with Crippen molar-refractivity contribution in [1.82, 2.24) is 5.32 Å². The molecule has 2 aromatic carbocycles. The van der Waals surface area contributed by atoms with Gasteiger partial charge < -0.3 is 24.8 Å². The molecule has 1 aliphatic rings. The molecule has 0 fully saturated rings. The third-order valence-electron chi connectivity index (χ3n) is 4.33. The minimum Gasteiger partial charge on any atom is -0.454 e. The van der Waals surface area contributed by atoms with Crippen molar-refractivity contribution in [3.8, 4) is 11.5 Å². The predicted molar refractivity (Wildman–Crippen MR) is 112 cm³/mol. The lowest BCUT2D eigenvalue weighted by Crippen LogP contribution is -2.46. The maximum absolute atomic E-state index is 12.5. The van der Waals surface area contributed by atoms with Gasteiger partial charge >= 0.3 is 5.97 Å². The van der Waals surface area contributed by atoms with Crippen LogP contribution in [0.4, 0.5) is 5.69 Å². The van der Waals surface area contributed by atoms with Gasteiger partial charge in [-0.05, 0) is 46.1 Å². The van der Waals surface area contributed by atoms with Gasteiger partial charge in [0.25, 0.3) is 11.8 Å². The fraction of sp³-hybridized carbons (Fsp3) is 0.286. The first-order valence-electron chi connectivity index (χ1n) is 9.26. The van der Waals surface area contributed by atoms with Crippen LogP contribution in [0.2, 0.25) is 0 Å². The summed E-state index contributed by atoms with van der Waals surface area (Å²) in [6.07, 6.45) is 0. The highest BCUT2D eigenvalue weighted by Gasteiger charge is 2.27. The summed E-state index contributed by atoms with van der Waals surface area (Å²) < 4.78 is 16.2. The van der Waals surface area contributed by atoms with Gasteiger partial charge in [-0.25, -0.2) is 4.79 Å². The van der Waals surface area contributed by atoms with Crippen LogP contribution in [0, 0.1) is 5.92 Å². The third kappa shape index (κ3) is 5.29. The molecule has 2 amide bonds. The zero-order valence-electron chi connectivity index (χ0n) is 16.4. The number of carbonyl (C=O) groups excluding carboxylic acids is 3. The van der Waals surface area contributed by atoms with Gasteiger partial charge in [0.05, 0.1) is 5.56 Å². The molecule has 0 aliphatic carbocycles. The Labute approximate surface area is 182 Å². The molecule has 0 aromatic heterocycles. The first-order chi connectivity index (χ1) is 14.3. The average Bonchev–Trinajstić information content (AvgIpc) is 3.18. The fourth-order valence-corrected chi connectivity index (χ4v) is 3.22. The van der Waals surface area contributed by atoms with E-state index in [9.17, 15) is 14.4 Å². The van der Waals surface area contributed by atoms with Crippen LogP contribution < -0.4 is 20.1 Å². The quantitative estimate of drug-likeness (QED) is 0.595. The fourth-order valence-electron chi connectivity index (χ4n) is 2.76. The minimum atomic E-state index is -0.900. The number of anilines is 1. The van der Waals surface area contributed by atoms with Gasteiger partial charge in [0.15, 0.2) is 18.1 Å². The second-order valence-electron chi connectivity index (χ2n) is 6.90. The number of rotatable bonds is 7. The van der Waals surface area contributed by atoms with E-state index in [-0.39, 0.29) is 12.7 Å². The van der Waals surface area contributed by atoms with Gasteiger partial charge in [0, 0.05) is 16.2 Å². The number of ether oxygens (including phenoxy) is 3. The molecule has 0 spiro atoms. The first kappa shape index (κ1) is 21.6. The summed E-state index contributed by atoms with van der Waals surface area (Å²) in [6, 6.07) is 10.9. The Balaban J connectivity index is 1.55. The van der Waals surface area contributed by atoms with E-state index in [2.05, 4.69) is 26.6 Å². The molecule has 9 heteroatoms. The van der Waals surface area contributed by atoms with Crippen LogP contribution in [-0.2, 0) is 14.3 Å². The lowest BCUT2D eigenvalue weighted by atomic mass is 10.0. The van der Waals surface area contributed by atoms with Crippen LogP contribution in [0.25, 0.3) is 0 Å². The molecule has 1 aliphatic heterocycles. The number of benzene rings is 2. The molecule has 0 saturated carbocycles. The summed E-state index contributed by atoms with van der Waals surface area (Å²) >= 11 is 3.31. The molecule has 1 heterocycles. The van der Waals surface area contributed by atoms with E-state index in [1.165, 1.54) is 0 Å². The van der Waals surface area contributed by atoms with Crippen LogP contribution in [-0.4, -0.2) is 37.2 Å². The lowest BCUT2D eigenvalue weighted by Gasteiger charge is -2.21. The Morgan fingerprint density at radius 3 is 2.57 bits per heavy atom. The molecular formula is C21H21BrN2O6. The van der Waals surface area contributed by atoms with E-state index < -0.39 is 30.4 Å². The number of hydrogen-bond donors (Lipinski definition) is 2. The Hall–Kier alpha value is -3.07. The standard InChI is InChI=1S/C21H21BrN2O6/c1-12(2)19(24-20(26)14-5-3-4-6-15(14)22)21(27)28-10-18(25)23-13-7-8-16-17(9-13)30-11-29-16/h3-9,12,19H,10-11H2,1-2H3,(H,23,25)(H,24,26)/t19-/m0/s1. The molecule has 2 aromatic rings. The largest absolute Gasteiger partial charge is 0.454 e. The molecule has 0 unspecified atom stereocenters. The number of hydrogen-bond acceptors (Lipinski definition) is 6. The van der Waals surface area contributed by atoms with E-state index in [0.29, 0.717) is 27.2 Å². The lowest BCUT2D eigenvalue weighted by molar-refractivity contribution is -0.150. The number of fused-ring (bicyclic) bond motifs is 1. The highest BCUT2D eigenvalue weighted by molar-refractivity contribution is 9.10.